The summed E-state index contributed by atoms with van der Waals surface area (Å²) in [6.45, 7) is 4.28. The molecule has 1 heterocycles. The molecule has 1 fully saturated rings. The van der Waals surface area contributed by atoms with Gasteiger partial charge in [0.25, 0.3) is 0 Å². The molecule has 1 aromatic carbocycles. The summed E-state index contributed by atoms with van der Waals surface area (Å²) in [5.74, 6) is 0.432. The third kappa shape index (κ3) is 3.70. The minimum atomic E-state index is -0.114. The normalized spacial score (nSPS) is 22.1. The quantitative estimate of drug-likeness (QED) is 0.650. The highest BCUT2D eigenvalue weighted by molar-refractivity contribution is 5.98. The van der Waals surface area contributed by atoms with E-state index in [2.05, 4.69) is 25.2 Å². The fourth-order valence-electron chi connectivity index (χ4n) is 3.96. The number of carbonyl (C=O) groups is 1. The van der Waals surface area contributed by atoms with Crippen LogP contribution in [0.4, 0.5) is 0 Å². The van der Waals surface area contributed by atoms with E-state index in [1.165, 1.54) is 25.7 Å². The Morgan fingerprint density at radius 2 is 1.96 bits per heavy atom. The lowest BCUT2D eigenvalue weighted by Crippen LogP contribution is -2.44. The maximum absolute atomic E-state index is 12.8. The summed E-state index contributed by atoms with van der Waals surface area (Å²) in [7, 11) is 0. The molecule has 1 N–H and O–H groups in total. The molecule has 1 saturated carbocycles. The summed E-state index contributed by atoms with van der Waals surface area (Å²) in [6, 6.07) is 7.98. The van der Waals surface area contributed by atoms with Crippen molar-refractivity contribution in [1.29, 1.82) is 5.26 Å². The van der Waals surface area contributed by atoms with Gasteiger partial charge in [0, 0.05) is 28.8 Å². The number of hydrogen-bond acceptors (Lipinski definition) is 3. The molecule has 1 aliphatic carbocycles. The van der Waals surface area contributed by atoms with Crippen LogP contribution in [0.25, 0.3) is 5.70 Å². The van der Waals surface area contributed by atoms with Gasteiger partial charge in [0.1, 0.15) is 0 Å². The van der Waals surface area contributed by atoms with Gasteiger partial charge in [0.05, 0.1) is 11.6 Å². The van der Waals surface area contributed by atoms with Crippen molar-refractivity contribution in [3.05, 3.63) is 41.0 Å². The summed E-state index contributed by atoms with van der Waals surface area (Å²) in [5.41, 5.74) is 3.70. The zero-order chi connectivity index (χ0) is 17.2. The summed E-state index contributed by atoms with van der Waals surface area (Å²) in [4.78, 5) is 12.8. The lowest BCUT2D eigenvalue weighted by atomic mass is 9.84. The summed E-state index contributed by atoms with van der Waals surface area (Å²) >= 11 is 0. The van der Waals surface area contributed by atoms with E-state index in [9.17, 15) is 4.79 Å². The van der Waals surface area contributed by atoms with Crippen molar-refractivity contribution in [3.63, 3.8) is 0 Å². The van der Waals surface area contributed by atoms with Gasteiger partial charge < -0.3 is 5.32 Å². The predicted molar refractivity (Wildman–Crippen MR) is 96.3 cm³/mol. The SMILES string of the molecule is CC1(C)Cc2cc(C#N)ccc2/C(=C/C(=O)C2CCCCCC2)N1. The van der Waals surface area contributed by atoms with Gasteiger partial charge in [-0.15, -0.1) is 0 Å². The first-order valence-corrected chi connectivity index (χ1v) is 9.06. The van der Waals surface area contributed by atoms with Crippen LogP contribution in [0.15, 0.2) is 24.3 Å². The highest BCUT2D eigenvalue weighted by Crippen LogP contribution is 2.31. The predicted octanol–water partition coefficient (Wildman–Crippen LogP) is 4.36. The van der Waals surface area contributed by atoms with Gasteiger partial charge in [-0.05, 0) is 50.8 Å². The van der Waals surface area contributed by atoms with Crippen LogP contribution in [-0.4, -0.2) is 11.3 Å². The first kappa shape index (κ1) is 16.8. The molecule has 0 amide bonds. The lowest BCUT2D eigenvalue weighted by Gasteiger charge is -2.35. The zero-order valence-corrected chi connectivity index (χ0v) is 14.7. The van der Waals surface area contributed by atoms with Crippen LogP contribution in [0.2, 0.25) is 0 Å². The largest absolute Gasteiger partial charge is 0.379 e. The van der Waals surface area contributed by atoms with E-state index in [0.717, 1.165) is 36.1 Å². The van der Waals surface area contributed by atoms with Gasteiger partial charge in [0.15, 0.2) is 5.78 Å². The summed E-state index contributed by atoms with van der Waals surface area (Å²) in [6.07, 6.45) is 9.56. The van der Waals surface area contributed by atoms with Crippen molar-refractivity contribution < 1.29 is 4.79 Å². The molecule has 0 atom stereocenters. The minimum Gasteiger partial charge on any atom is -0.379 e. The van der Waals surface area contributed by atoms with Gasteiger partial charge in [0.2, 0.25) is 0 Å². The molecule has 126 valence electrons. The molecule has 0 spiro atoms. The molecule has 3 nitrogen and oxygen atoms in total. The average molecular weight is 322 g/mol. The maximum atomic E-state index is 12.8. The second-order valence-electron chi connectivity index (χ2n) is 7.82. The van der Waals surface area contributed by atoms with Crippen LogP contribution in [0.3, 0.4) is 0 Å². The van der Waals surface area contributed by atoms with E-state index in [0.29, 0.717) is 5.56 Å². The Morgan fingerprint density at radius 3 is 2.62 bits per heavy atom. The molecule has 1 aliphatic heterocycles. The Bertz CT molecular complexity index is 701. The van der Waals surface area contributed by atoms with E-state index in [4.69, 9.17) is 5.26 Å². The maximum Gasteiger partial charge on any atom is 0.160 e. The van der Waals surface area contributed by atoms with E-state index in [-0.39, 0.29) is 17.2 Å². The Morgan fingerprint density at radius 1 is 1.25 bits per heavy atom. The number of nitrogens with one attached hydrogen (secondary N) is 1. The third-order valence-corrected chi connectivity index (χ3v) is 5.17. The van der Waals surface area contributed by atoms with Gasteiger partial charge in [-0.1, -0.05) is 31.7 Å². The monoisotopic (exact) mass is 322 g/mol. The number of carbonyl (C=O) groups excluding carboxylic acids is 1. The van der Waals surface area contributed by atoms with Crippen LogP contribution < -0.4 is 5.32 Å². The molecule has 0 bridgehead atoms. The molecule has 2 aliphatic rings. The van der Waals surface area contributed by atoms with Crippen molar-refractivity contribution in [2.24, 2.45) is 5.92 Å². The van der Waals surface area contributed by atoms with Crippen molar-refractivity contribution in [2.45, 2.75) is 64.3 Å². The Balaban J connectivity index is 1.92. The molecule has 0 unspecified atom stereocenters. The van der Waals surface area contributed by atoms with E-state index < -0.39 is 0 Å². The first-order valence-electron chi connectivity index (χ1n) is 9.06. The van der Waals surface area contributed by atoms with Crippen molar-refractivity contribution in [3.8, 4) is 6.07 Å². The fourth-order valence-corrected chi connectivity index (χ4v) is 3.96. The zero-order valence-electron chi connectivity index (χ0n) is 14.7. The fraction of sp³-hybridized carbons (Fsp3) is 0.524. The first-order chi connectivity index (χ1) is 11.5. The molecular formula is C21H26N2O. The minimum absolute atomic E-state index is 0.114. The Labute approximate surface area is 144 Å². The van der Waals surface area contributed by atoms with Crippen LogP contribution in [-0.2, 0) is 11.2 Å². The molecular weight excluding hydrogens is 296 g/mol. The Kier molecular flexibility index (Phi) is 4.76. The number of ketones is 1. The molecule has 3 rings (SSSR count). The van der Waals surface area contributed by atoms with Crippen molar-refractivity contribution in [1.82, 2.24) is 5.32 Å². The number of rotatable bonds is 2. The molecule has 0 radical (unpaired) electrons. The number of benzene rings is 1. The van der Waals surface area contributed by atoms with Crippen LogP contribution in [0.5, 0.6) is 0 Å². The summed E-state index contributed by atoms with van der Waals surface area (Å²) < 4.78 is 0. The standard InChI is InChI=1S/C21H26N2O/c1-21(2)13-17-11-15(14-22)9-10-18(17)19(23-21)12-20(24)16-7-5-3-4-6-8-16/h9-12,16,23H,3-8,13H2,1-2H3/b19-12-. The number of hydrogen-bond donors (Lipinski definition) is 1. The van der Waals surface area contributed by atoms with Crippen LogP contribution >= 0.6 is 0 Å². The van der Waals surface area contributed by atoms with Crippen molar-refractivity contribution >= 4 is 11.5 Å². The second-order valence-corrected chi connectivity index (χ2v) is 7.82. The smallest absolute Gasteiger partial charge is 0.160 e. The van der Waals surface area contributed by atoms with Gasteiger partial charge >= 0.3 is 0 Å². The molecule has 1 aromatic rings. The van der Waals surface area contributed by atoms with Gasteiger partial charge in [-0.3, -0.25) is 4.79 Å². The number of nitriles is 1. The number of fused-ring (bicyclic) bond motifs is 1. The molecule has 24 heavy (non-hydrogen) atoms. The second kappa shape index (κ2) is 6.81. The summed E-state index contributed by atoms with van der Waals surface area (Å²) in [5, 5.41) is 12.7. The van der Waals surface area contributed by atoms with E-state index in [1.807, 2.05) is 24.3 Å². The lowest BCUT2D eigenvalue weighted by molar-refractivity contribution is -0.118. The van der Waals surface area contributed by atoms with Crippen molar-refractivity contribution in [2.75, 3.05) is 0 Å². The van der Waals surface area contributed by atoms with Crippen LogP contribution in [0, 0.1) is 17.2 Å². The number of allylic oxidation sites excluding steroid dienone is 1. The van der Waals surface area contributed by atoms with Gasteiger partial charge in [-0.2, -0.15) is 5.26 Å². The Hall–Kier alpha value is -2.08. The molecule has 3 heteroatoms. The topological polar surface area (TPSA) is 52.9 Å². The highest BCUT2D eigenvalue weighted by atomic mass is 16.1. The number of nitrogens with zero attached hydrogens (tertiary/aromatic N) is 1. The van der Waals surface area contributed by atoms with Gasteiger partial charge in [-0.25, -0.2) is 0 Å². The van der Waals surface area contributed by atoms with E-state index >= 15 is 0 Å². The third-order valence-electron chi connectivity index (χ3n) is 5.17. The average Bonchev–Trinajstić information content (AvgIpc) is 2.82. The van der Waals surface area contributed by atoms with E-state index in [1.54, 1.807) is 0 Å². The molecule has 0 saturated heterocycles. The highest BCUT2D eigenvalue weighted by Gasteiger charge is 2.29. The molecule has 0 aromatic heterocycles. The van der Waals surface area contributed by atoms with Crippen LogP contribution in [0.1, 0.15) is 69.1 Å².